The predicted octanol–water partition coefficient (Wildman–Crippen LogP) is 0.579. The van der Waals surface area contributed by atoms with Crippen molar-refractivity contribution in [3.8, 4) is 0 Å². The second-order valence-corrected chi connectivity index (χ2v) is 5.73. The van der Waals surface area contributed by atoms with E-state index in [0.717, 1.165) is 32.5 Å². The number of carbonyl (C=O) groups excluding carboxylic acids is 2. The fraction of sp³-hybridized carbons (Fsp3) is 0.857. The first kappa shape index (κ1) is 15.1. The van der Waals surface area contributed by atoms with Crippen LogP contribution in [0.25, 0.3) is 0 Å². The quantitative estimate of drug-likeness (QED) is 0.795. The zero-order valence-electron chi connectivity index (χ0n) is 12.4. The van der Waals surface area contributed by atoms with Gasteiger partial charge in [0.15, 0.2) is 0 Å². The molecule has 2 N–H and O–H groups in total. The molecule has 2 aliphatic heterocycles. The Bertz CT molecular complexity index is 362. The van der Waals surface area contributed by atoms with Crippen LogP contribution in [0, 0.1) is 11.8 Å². The standard InChI is InChI=1S/C14H25N3O3/c1-3-20-14(19)16-11-5-4-6-17(9-11)13(18)12-8-15-7-10(12)2/h10-12,15H,3-9H2,1-2H3,(H,16,19). The molecule has 6 heteroatoms. The van der Waals surface area contributed by atoms with Crippen molar-refractivity contribution in [2.75, 3.05) is 32.8 Å². The summed E-state index contributed by atoms with van der Waals surface area (Å²) in [6.07, 6.45) is 1.45. The number of nitrogens with zero attached hydrogens (tertiary/aromatic N) is 1. The van der Waals surface area contributed by atoms with E-state index in [1.807, 2.05) is 4.90 Å². The van der Waals surface area contributed by atoms with Gasteiger partial charge in [0, 0.05) is 25.7 Å². The maximum atomic E-state index is 12.5. The molecule has 3 unspecified atom stereocenters. The van der Waals surface area contributed by atoms with Gasteiger partial charge in [-0.25, -0.2) is 4.79 Å². The Morgan fingerprint density at radius 2 is 2.20 bits per heavy atom. The van der Waals surface area contributed by atoms with Crippen LogP contribution in [0.15, 0.2) is 0 Å². The van der Waals surface area contributed by atoms with Crippen molar-refractivity contribution in [3.63, 3.8) is 0 Å². The van der Waals surface area contributed by atoms with E-state index in [2.05, 4.69) is 17.6 Å². The summed E-state index contributed by atoms with van der Waals surface area (Å²) in [6, 6.07) is 0.0106. The molecule has 20 heavy (non-hydrogen) atoms. The van der Waals surface area contributed by atoms with Crippen molar-refractivity contribution in [3.05, 3.63) is 0 Å². The molecular weight excluding hydrogens is 258 g/mol. The lowest BCUT2D eigenvalue weighted by atomic mass is 9.95. The van der Waals surface area contributed by atoms with Gasteiger partial charge in [-0.3, -0.25) is 4.79 Å². The Balaban J connectivity index is 1.86. The molecule has 0 bridgehead atoms. The molecule has 0 saturated carbocycles. The Morgan fingerprint density at radius 3 is 2.85 bits per heavy atom. The molecule has 3 atom stereocenters. The van der Waals surface area contributed by atoms with Crippen LogP contribution in [-0.2, 0) is 9.53 Å². The predicted molar refractivity (Wildman–Crippen MR) is 75.3 cm³/mol. The number of alkyl carbamates (subject to hydrolysis) is 1. The highest BCUT2D eigenvalue weighted by Crippen LogP contribution is 2.21. The highest BCUT2D eigenvalue weighted by molar-refractivity contribution is 5.80. The van der Waals surface area contributed by atoms with Crippen LogP contribution in [-0.4, -0.2) is 55.7 Å². The van der Waals surface area contributed by atoms with Gasteiger partial charge in [0.2, 0.25) is 5.91 Å². The lowest BCUT2D eigenvalue weighted by molar-refractivity contribution is -0.137. The van der Waals surface area contributed by atoms with Gasteiger partial charge in [-0.1, -0.05) is 6.92 Å². The summed E-state index contributed by atoms with van der Waals surface area (Å²) in [6.45, 7) is 7.34. The molecule has 2 amide bonds. The fourth-order valence-electron chi connectivity index (χ4n) is 3.01. The van der Waals surface area contributed by atoms with Crippen molar-refractivity contribution in [2.45, 2.75) is 32.7 Å². The second kappa shape index (κ2) is 6.92. The van der Waals surface area contributed by atoms with Crippen LogP contribution in [0.5, 0.6) is 0 Å². The molecule has 2 saturated heterocycles. The molecule has 2 heterocycles. The van der Waals surface area contributed by atoms with Crippen LogP contribution in [0.1, 0.15) is 26.7 Å². The summed E-state index contributed by atoms with van der Waals surface area (Å²) in [5.41, 5.74) is 0. The van der Waals surface area contributed by atoms with Crippen LogP contribution in [0.3, 0.4) is 0 Å². The van der Waals surface area contributed by atoms with Gasteiger partial charge in [0.25, 0.3) is 0 Å². The monoisotopic (exact) mass is 283 g/mol. The Hall–Kier alpha value is -1.30. The van der Waals surface area contributed by atoms with Crippen molar-refractivity contribution in [1.29, 1.82) is 0 Å². The van der Waals surface area contributed by atoms with Crippen LogP contribution in [0.4, 0.5) is 4.79 Å². The molecule has 0 aliphatic carbocycles. The minimum absolute atomic E-state index is 0.0106. The van der Waals surface area contributed by atoms with E-state index in [1.54, 1.807) is 6.92 Å². The summed E-state index contributed by atoms with van der Waals surface area (Å²) >= 11 is 0. The van der Waals surface area contributed by atoms with E-state index in [4.69, 9.17) is 4.74 Å². The Kier molecular flexibility index (Phi) is 5.23. The first-order valence-electron chi connectivity index (χ1n) is 7.54. The lowest BCUT2D eigenvalue weighted by Crippen LogP contribution is -2.51. The number of rotatable bonds is 3. The summed E-state index contributed by atoms with van der Waals surface area (Å²) in [5, 5.41) is 6.10. The van der Waals surface area contributed by atoms with Gasteiger partial charge < -0.3 is 20.3 Å². The van der Waals surface area contributed by atoms with E-state index in [-0.39, 0.29) is 24.0 Å². The van der Waals surface area contributed by atoms with E-state index in [1.165, 1.54) is 0 Å². The highest BCUT2D eigenvalue weighted by Gasteiger charge is 2.34. The lowest BCUT2D eigenvalue weighted by Gasteiger charge is -2.35. The first-order valence-corrected chi connectivity index (χ1v) is 7.54. The number of ether oxygens (including phenoxy) is 1. The summed E-state index contributed by atoms with van der Waals surface area (Å²) in [5.74, 6) is 0.690. The molecule has 0 aromatic rings. The van der Waals surface area contributed by atoms with Crippen molar-refractivity contribution in [1.82, 2.24) is 15.5 Å². The Labute approximate surface area is 120 Å². The van der Waals surface area contributed by atoms with Crippen molar-refractivity contribution in [2.24, 2.45) is 11.8 Å². The van der Waals surface area contributed by atoms with Gasteiger partial charge >= 0.3 is 6.09 Å². The summed E-state index contributed by atoms with van der Waals surface area (Å²) in [7, 11) is 0. The number of nitrogens with one attached hydrogen (secondary N) is 2. The van der Waals surface area contributed by atoms with Gasteiger partial charge in [-0.15, -0.1) is 0 Å². The fourth-order valence-corrected chi connectivity index (χ4v) is 3.01. The maximum Gasteiger partial charge on any atom is 0.407 e. The third-order valence-electron chi connectivity index (χ3n) is 4.17. The molecule has 0 aromatic carbocycles. The van der Waals surface area contributed by atoms with Gasteiger partial charge in [0.05, 0.1) is 12.5 Å². The number of piperidine rings is 1. The second-order valence-electron chi connectivity index (χ2n) is 5.73. The van der Waals surface area contributed by atoms with Crippen LogP contribution in [0.2, 0.25) is 0 Å². The van der Waals surface area contributed by atoms with Crippen LogP contribution >= 0.6 is 0 Å². The third-order valence-corrected chi connectivity index (χ3v) is 4.17. The average Bonchev–Trinajstić information content (AvgIpc) is 2.84. The van der Waals surface area contributed by atoms with E-state index in [9.17, 15) is 9.59 Å². The molecule has 0 aromatic heterocycles. The largest absolute Gasteiger partial charge is 0.450 e. The Morgan fingerprint density at radius 1 is 1.40 bits per heavy atom. The molecule has 2 rings (SSSR count). The number of hydrogen-bond acceptors (Lipinski definition) is 4. The van der Waals surface area contributed by atoms with Gasteiger partial charge in [-0.2, -0.15) is 0 Å². The summed E-state index contributed by atoms with van der Waals surface area (Å²) in [4.78, 5) is 25.9. The zero-order valence-corrected chi connectivity index (χ0v) is 12.4. The van der Waals surface area contributed by atoms with Gasteiger partial charge in [-0.05, 0) is 32.2 Å². The van der Waals surface area contributed by atoms with Gasteiger partial charge in [0.1, 0.15) is 0 Å². The molecule has 2 fully saturated rings. The van der Waals surface area contributed by atoms with Crippen molar-refractivity contribution < 1.29 is 14.3 Å². The number of carbonyl (C=O) groups is 2. The highest BCUT2D eigenvalue weighted by atomic mass is 16.5. The molecule has 0 spiro atoms. The SMILES string of the molecule is CCOC(=O)NC1CCCN(C(=O)C2CNCC2C)C1. The topological polar surface area (TPSA) is 70.7 Å². The normalized spacial score (nSPS) is 30.1. The number of amides is 2. The number of hydrogen-bond donors (Lipinski definition) is 2. The molecule has 114 valence electrons. The minimum atomic E-state index is -0.386. The first-order chi connectivity index (χ1) is 9.61. The molecule has 2 aliphatic rings. The number of likely N-dealkylation sites (tertiary alicyclic amines) is 1. The zero-order chi connectivity index (χ0) is 14.5. The van der Waals surface area contributed by atoms with E-state index >= 15 is 0 Å². The third kappa shape index (κ3) is 3.62. The van der Waals surface area contributed by atoms with E-state index in [0.29, 0.717) is 19.1 Å². The summed E-state index contributed by atoms with van der Waals surface area (Å²) < 4.78 is 4.89. The average molecular weight is 283 g/mol. The van der Waals surface area contributed by atoms with Crippen molar-refractivity contribution >= 4 is 12.0 Å². The molecular formula is C14H25N3O3. The molecule has 6 nitrogen and oxygen atoms in total. The van der Waals surface area contributed by atoms with Crippen LogP contribution < -0.4 is 10.6 Å². The smallest absolute Gasteiger partial charge is 0.407 e. The molecule has 0 radical (unpaired) electrons. The van der Waals surface area contributed by atoms with E-state index < -0.39 is 0 Å². The minimum Gasteiger partial charge on any atom is -0.450 e. The maximum absolute atomic E-state index is 12.5.